The fourth-order valence-corrected chi connectivity index (χ4v) is 15.1. The van der Waals surface area contributed by atoms with E-state index in [4.69, 9.17) is 37.0 Å². The van der Waals surface area contributed by atoms with Crippen molar-refractivity contribution in [2.24, 2.45) is 5.92 Å². The van der Waals surface area contributed by atoms with E-state index in [-0.39, 0.29) is 25.7 Å². The molecule has 0 saturated carbocycles. The molecule has 3 N–H and O–H groups in total. The van der Waals surface area contributed by atoms with Crippen LogP contribution in [0.2, 0.25) is 0 Å². The first-order chi connectivity index (χ1) is 51.0. The molecule has 0 radical (unpaired) electrons. The molecule has 19 heteroatoms. The Balaban J connectivity index is 5.25. The van der Waals surface area contributed by atoms with Crippen LogP contribution in [0.5, 0.6) is 0 Å². The number of hydrogen-bond donors (Lipinski definition) is 3. The molecular formula is C86H168O17P2. The number of carbonyl (C=O) groups is 4. The monoisotopic (exact) mass is 1540 g/mol. The quantitative estimate of drug-likeness (QED) is 0.0222. The summed E-state index contributed by atoms with van der Waals surface area (Å²) in [4.78, 5) is 73.3. The van der Waals surface area contributed by atoms with Crippen LogP contribution in [0.15, 0.2) is 0 Å². The van der Waals surface area contributed by atoms with Crippen molar-refractivity contribution in [3.05, 3.63) is 0 Å². The lowest BCUT2D eigenvalue weighted by atomic mass is 10.0. The summed E-state index contributed by atoms with van der Waals surface area (Å²) in [6.45, 7) is 7.40. The maximum atomic E-state index is 13.1. The molecule has 0 aromatic carbocycles. The van der Waals surface area contributed by atoms with Gasteiger partial charge >= 0.3 is 39.5 Å². The standard InChI is InChI=1S/C86H168O17P2/c1-6-9-12-15-18-21-24-27-29-31-32-33-37-42-47-52-57-62-67-72-86(91)103-82(76-97-84(89)70-65-60-55-50-45-40-38-34-35-39-43-48-53-58-63-68-79(4)5)78-101-105(94,95)99-74-80(87)73-98-104(92,93)100-77-81(75-96-83(88)69-64-59-54-49-44-26-23-20-17-14-11-8-3)102-85(90)71-66-61-56-51-46-41-36-30-28-25-22-19-16-13-10-7-2/h79-82,87H,6-78H2,1-5H3,(H,92,93)(H,94,95)/t80-,81+,82+/m0/s1. The number of phosphoric ester groups is 2. The van der Waals surface area contributed by atoms with Crippen molar-refractivity contribution in [2.45, 2.75) is 483 Å². The maximum absolute atomic E-state index is 13.1. The van der Waals surface area contributed by atoms with E-state index >= 15 is 0 Å². The van der Waals surface area contributed by atoms with E-state index in [0.717, 1.165) is 95.8 Å². The number of aliphatic hydroxyl groups excluding tert-OH is 1. The fourth-order valence-electron chi connectivity index (χ4n) is 13.5. The second kappa shape index (κ2) is 78.7. The lowest BCUT2D eigenvalue weighted by Crippen LogP contribution is -2.30. The van der Waals surface area contributed by atoms with Gasteiger partial charge in [0.25, 0.3) is 0 Å². The minimum atomic E-state index is -4.97. The van der Waals surface area contributed by atoms with E-state index in [1.54, 1.807) is 0 Å². The Bertz CT molecular complexity index is 2000. The van der Waals surface area contributed by atoms with Crippen LogP contribution in [-0.2, 0) is 65.4 Å². The molecule has 0 aromatic rings. The summed E-state index contributed by atoms with van der Waals surface area (Å²) in [5.74, 6) is -1.29. The van der Waals surface area contributed by atoms with Crippen LogP contribution in [0.1, 0.15) is 465 Å². The van der Waals surface area contributed by atoms with Crippen LogP contribution < -0.4 is 0 Å². The molecule has 17 nitrogen and oxygen atoms in total. The average molecular weight is 1540 g/mol. The van der Waals surface area contributed by atoms with Crippen molar-refractivity contribution in [1.82, 2.24) is 0 Å². The normalized spacial score (nSPS) is 13.8. The zero-order valence-corrected chi connectivity index (χ0v) is 70.7. The smallest absolute Gasteiger partial charge is 0.462 e. The van der Waals surface area contributed by atoms with Gasteiger partial charge in [0, 0.05) is 25.7 Å². The molecule has 0 bridgehead atoms. The SMILES string of the molecule is CCCCCCCCCCCCCCCCCCCCCC(=O)O[C@H](COC(=O)CCCCCCCCCCCCCCCCCC(C)C)COP(=O)(O)OC[C@@H](O)COP(=O)(O)OC[C@@H](COC(=O)CCCCCCCCCCCCCC)OC(=O)CCCCCCCCCCCCCCCCCC. The van der Waals surface area contributed by atoms with Gasteiger partial charge in [0.1, 0.15) is 19.3 Å². The molecule has 0 aliphatic heterocycles. The van der Waals surface area contributed by atoms with Gasteiger partial charge in [-0.25, -0.2) is 9.13 Å². The van der Waals surface area contributed by atoms with E-state index in [2.05, 4.69) is 34.6 Å². The van der Waals surface area contributed by atoms with Gasteiger partial charge in [-0.05, 0) is 31.6 Å². The highest BCUT2D eigenvalue weighted by molar-refractivity contribution is 7.47. The molecule has 0 heterocycles. The molecule has 0 amide bonds. The van der Waals surface area contributed by atoms with Gasteiger partial charge in [-0.1, -0.05) is 413 Å². The van der Waals surface area contributed by atoms with Crippen LogP contribution in [0.4, 0.5) is 0 Å². The summed E-state index contributed by atoms with van der Waals surface area (Å²) in [5.41, 5.74) is 0. The number of aliphatic hydroxyl groups is 1. The van der Waals surface area contributed by atoms with Crippen molar-refractivity contribution in [3.8, 4) is 0 Å². The van der Waals surface area contributed by atoms with E-state index in [1.165, 1.54) is 289 Å². The predicted octanol–water partition coefficient (Wildman–Crippen LogP) is 26.4. The lowest BCUT2D eigenvalue weighted by molar-refractivity contribution is -0.161. The van der Waals surface area contributed by atoms with E-state index in [1.807, 2.05) is 0 Å². The van der Waals surface area contributed by atoms with Gasteiger partial charge in [-0.15, -0.1) is 0 Å². The molecule has 624 valence electrons. The Morgan fingerprint density at radius 3 is 0.648 bits per heavy atom. The number of esters is 4. The lowest BCUT2D eigenvalue weighted by Gasteiger charge is -2.21. The van der Waals surface area contributed by atoms with E-state index in [0.29, 0.717) is 25.7 Å². The molecule has 0 spiro atoms. The van der Waals surface area contributed by atoms with Gasteiger partial charge < -0.3 is 33.8 Å². The molecule has 0 aromatic heterocycles. The third-order valence-electron chi connectivity index (χ3n) is 20.3. The number of ether oxygens (including phenoxy) is 4. The zero-order chi connectivity index (χ0) is 76.9. The number of carbonyl (C=O) groups excluding carboxylic acids is 4. The molecule has 0 fully saturated rings. The summed E-state index contributed by atoms with van der Waals surface area (Å²) >= 11 is 0. The molecule has 0 saturated heterocycles. The van der Waals surface area contributed by atoms with Crippen molar-refractivity contribution in [2.75, 3.05) is 39.6 Å². The van der Waals surface area contributed by atoms with E-state index in [9.17, 15) is 43.2 Å². The second-order valence-electron chi connectivity index (χ2n) is 31.4. The van der Waals surface area contributed by atoms with Crippen LogP contribution in [-0.4, -0.2) is 96.7 Å². The molecule has 5 atom stereocenters. The molecule has 2 unspecified atom stereocenters. The first-order valence-electron chi connectivity index (χ1n) is 44.6. The topological polar surface area (TPSA) is 237 Å². The number of rotatable bonds is 86. The Morgan fingerprint density at radius 1 is 0.257 bits per heavy atom. The molecule has 0 aliphatic carbocycles. The number of unbranched alkanes of at least 4 members (excludes halogenated alkanes) is 58. The molecular weight excluding hydrogens is 1370 g/mol. The highest BCUT2D eigenvalue weighted by Crippen LogP contribution is 2.45. The number of phosphoric acid groups is 2. The van der Waals surface area contributed by atoms with Crippen LogP contribution in [0, 0.1) is 5.92 Å². The summed E-state index contributed by atoms with van der Waals surface area (Å²) in [6, 6.07) is 0. The number of hydrogen-bond acceptors (Lipinski definition) is 15. The van der Waals surface area contributed by atoms with Crippen LogP contribution in [0.3, 0.4) is 0 Å². The van der Waals surface area contributed by atoms with Gasteiger partial charge in [0.2, 0.25) is 0 Å². The minimum absolute atomic E-state index is 0.109. The summed E-state index contributed by atoms with van der Waals surface area (Å²) < 4.78 is 68.9. The third kappa shape index (κ3) is 79.9. The van der Waals surface area contributed by atoms with Crippen molar-refractivity contribution in [1.29, 1.82) is 0 Å². The Labute approximate surface area is 645 Å². The zero-order valence-electron chi connectivity index (χ0n) is 68.9. The molecule has 105 heavy (non-hydrogen) atoms. The van der Waals surface area contributed by atoms with Crippen molar-refractivity contribution >= 4 is 39.5 Å². The molecule has 0 rings (SSSR count). The Morgan fingerprint density at radius 2 is 0.438 bits per heavy atom. The predicted molar refractivity (Wildman–Crippen MR) is 432 cm³/mol. The average Bonchev–Trinajstić information content (AvgIpc) is 0.907. The largest absolute Gasteiger partial charge is 0.472 e. The van der Waals surface area contributed by atoms with Crippen molar-refractivity contribution in [3.63, 3.8) is 0 Å². The molecule has 0 aliphatic rings. The van der Waals surface area contributed by atoms with Gasteiger partial charge in [-0.3, -0.25) is 37.3 Å². The Kier molecular flexibility index (Phi) is 77.3. The highest BCUT2D eigenvalue weighted by Gasteiger charge is 2.30. The third-order valence-corrected chi connectivity index (χ3v) is 22.2. The fraction of sp³-hybridized carbons (Fsp3) is 0.953. The van der Waals surface area contributed by atoms with Gasteiger partial charge in [0.15, 0.2) is 12.2 Å². The highest BCUT2D eigenvalue weighted by atomic mass is 31.2. The summed E-state index contributed by atoms with van der Waals surface area (Å²) in [6.07, 6.45) is 72.1. The van der Waals surface area contributed by atoms with Crippen LogP contribution >= 0.6 is 15.6 Å². The minimum Gasteiger partial charge on any atom is -0.462 e. The first kappa shape index (κ1) is 103. The first-order valence-corrected chi connectivity index (χ1v) is 47.6. The Hall–Kier alpha value is -1.94. The second-order valence-corrected chi connectivity index (χ2v) is 34.3. The summed E-state index contributed by atoms with van der Waals surface area (Å²) in [5, 5.41) is 10.7. The van der Waals surface area contributed by atoms with Crippen molar-refractivity contribution < 1.29 is 80.2 Å². The van der Waals surface area contributed by atoms with Crippen LogP contribution in [0.25, 0.3) is 0 Å². The maximum Gasteiger partial charge on any atom is 0.472 e. The van der Waals surface area contributed by atoms with Gasteiger partial charge in [0.05, 0.1) is 26.4 Å². The van der Waals surface area contributed by atoms with Gasteiger partial charge in [-0.2, -0.15) is 0 Å². The summed E-state index contributed by atoms with van der Waals surface area (Å²) in [7, 11) is -9.93. The van der Waals surface area contributed by atoms with E-state index < -0.39 is 97.5 Å².